The number of nitrogens with zero attached hydrogens (tertiary/aromatic N) is 4. The Balaban J connectivity index is 1.54. The highest BCUT2D eigenvalue weighted by Crippen LogP contribution is 2.61. The van der Waals surface area contributed by atoms with Gasteiger partial charge in [-0.2, -0.15) is 0 Å². The zero-order valence-electron chi connectivity index (χ0n) is 21.4. The van der Waals surface area contributed by atoms with Gasteiger partial charge in [0, 0.05) is 32.0 Å². The topological polar surface area (TPSA) is 56.3 Å². The Hall–Kier alpha value is -5.98. The standard InChI is InChI=1S/C36H16N4S/c1-39-29(19-37)31-27-17-23(21-9-5-3-6-10-21)13-15-25(27)33-34-26-16-14-24(22-11-7-4-8-12-22)18-28(26)32(30(20-38)40-2)36(34)41-35(31)33/h3-18H/b31-29-,32-30+. The Kier molecular flexibility index (Phi) is 5.49. The van der Waals surface area contributed by atoms with Gasteiger partial charge in [-0.1, -0.05) is 84.9 Å². The molecule has 0 bridgehead atoms. The lowest BCUT2D eigenvalue weighted by molar-refractivity contribution is 1.49. The van der Waals surface area contributed by atoms with Gasteiger partial charge in [0.05, 0.1) is 25.3 Å². The van der Waals surface area contributed by atoms with E-state index in [1.54, 1.807) is 0 Å². The second-order valence-electron chi connectivity index (χ2n) is 9.66. The molecular formula is C36H16N4S. The van der Waals surface area contributed by atoms with Crippen molar-refractivity contribution in [1.82, 2.24) is 0 Å². The molecule has 0 radical (unpaired) electrons. The summed E-state index contributed by atoms with van der Waals surface area (Å²) in [6, 6.07) is 36.7. The highest BCUT2D eigenvalue weighted by molar-refractivity contribution is 7.16. The fourth-order valence-electron chi connectivity index (χ4n) is 5.84. The minimum atomic E-state index is 0.0333. The summed E-state index contributed by atoms with van der Waals surface area (Å²) in [5, 5.41) is 19.9. The van der Waals surface area contributed by atoms with Crippen molar-refractivity contribution in [3.05, 3.63) is 152 Å². The molecule has 4 aromatic carbocycles. The van der Waals surface area contributed by atoms with Crippen LogP contribution in [0.5, 0.6) is 0 Å². The molecule has 0 amide bonds. The molecule has 186 valence electrons. The Morgan fingerprint density at radius 3 is 1.32 bits per heavy atom. The molecule has 5 aromatic rings. The van der Waals surface area contributed by atoms with Gasteiger partial charge in [0.15, 0.2) is 0 Å². The van der Waals surface area contributed by atoms with Crippen molar-refractivity contribution in [3.8, 4) is 56.6 Å². The van der Waals surface area contributed by atoms with Crippen LogP contribution in [0.1, 0.15) is 20.9 Å². The van der Waals surface area contributed by atoms with Crippen LogP contribution in [0.25, 0.3) is 65.3 Å². The third kappa shape index (κ3) is 3.49. The van der Waals surface area contributed by atoms with E-state index in [2.05, 4.69) is 58.2 Å². The molecule has 4 nitrogen and oxygen atoms in total. The summed E-state index contributed by atoms with van der Waals surface area (Å²) in [6.45, 7) is 15.6. The van der Waals surface area contributed by atoms with Crippen molar-refractivity contribution < 1.29 is 0 Å². The van der Waals surface area contributed by atoms with Crippen LogP contribution >= 0.6 is 11.3 Å². The van der Waals surface area contributed by atoms with Crippen molar-refractivity contribution in [2.24, 2.45) is 0 Å². The number of hydrogen-bond donors (Lipinski definition) is 0. The third-order valence-electron chi connectivity index (χ3n) is 7.60. The maximum atomic E-state index is 9.97. The minimum absolute atomic E-state index is 0.0333. The Labute approximate surface area is 241 Å². The van der Waals surface area contributed by atoms with E-state index in [1.165, 1.54) is 11.3 Å². The first kappa shape index (κ1) is 24.1. The van der Waals surface area contributed by atoms with Crippen LogP contribution in [0.15, 0.2) is 108 Å². The molecule has 7 rings (SSSR count). The second-order valence-corrected chi connectivity index (χ2v) is 10.7. The molecule has 5 heteroatoms. The van der Waals surface area contributed by atoms with Gasteiger partial charge < -0.3 is 0 Å². The SMILES string of the molecule is [C-]#[N+]/C(C#N)=C1/c2cc(-c3ccccc3)ccc2-c2c1sc1c2-c2ccc(-c3ccccc3)cc2/C1=C(/C#N)[N+]#[C-]. The van der Waals surface area contributed by atoms with E-state index in [4.69, 9.17) is 13.1 Å². The van der Waals surface area contributed by atoms with E-state index in [9.17, 15) is 10.5 Å². The molecule has 0 saturated carbocycles. The predicted octanol–water partition coefficient (Wildman–Crippen LogP) is 9.45. The molecule has 0 fully saturated rings. The number of thiophene rings is 1. The lowest BCUT2D eigenvalue weighted by Gasteiger charge is -2.09. The average Bonchev–Trinajstić information content (AvgIpc) is 3.65. The number of hydrogen-bond acceptors (Lipinski definition) is 3. The largest absolute Gasteiger partial charge is 0.271 e. The first-order valence-corrected chi connectivity index (χ1v) is 13.6. The normalized spacial score (nSPS) is 14.3. The molecule has 0 aliphatic heterocycles. The molecule has 0 unspecified atom stereocenters. The lowest BCUT2D eigenvalue weighted by Crippen LogP contribution is -1.88. The van der Waals surface area contributed by atoms with E-state index >= 15 is 0 Å². The molecule has 2 aliphatic rings. The van der Waals surface area contributed by atoms with Gasteiger partial charge in [-0.15, -0.1) is 11.3 Å². The smallest absolute Gasteiger partial charge is 0.226 e. The van der Waals surface area contributed by atoms with E-state index < -0.39 is 0 Å². The Morgan fingerprint density at radius 1 is 0.537 bits per heavy atom. The van der Waals surface area contributed by atoms with Gasteiger partial charge in [-0.05, 0) is 56.6 Å². The predicted molar refractivity (Wildman–Crippen MR) is 163 cm³/mol. The number of benzene rings is 4. The quantitative estimate of drug-likeness (QED) is 0.163. The Morgan fingerprint density at radius 2 is 0.951 bits per heavy atom. The van der Waals surface area contributed by atoms with Gasteiger partial charge >= 0.3 is 0 Å². The second kappa shape index (κ2) is 9.34. The van der Waals surface area contributed by atoms with Crippen molar-refractivity contribution in [2.45, 2.75) is 0 Å². The van der Waals surface area contributed by atoms with Gasteiger partial charge in [0.1, 0.15) is 0 Å². The molecule has 2 aliphatic carbocycles. The van der Waals surface area contributed by atoms with E-state index in [1.807, 2.05) is 60.7 Å². The zero-order valence-corrected chi connectivity index (χ0v) is 22.3. The summed E-state index contributed by atoms with van der Waals surface area (Å²) >= 11 is 1.46. The maximum Gasteiger partial charge on any atom is 0.271 e. The van der Waals surface area contributed by atoms with Crippen LogP contribution in [0.2, 0.25) is 0 Å². The highest BCUT2D eigenvalue weighted by Gasteiger charge is 2.39. The zero-order chi connectivity index (χ0) is 28.1. The number of fused-ring (bicyclic) bond motifs is 7. The summed E-state index contributed by atoms with van der Waals surface area (Å²) < 4.78 is 0. The third-order valence-corrected chi connectivity index (χ3v) is 8.83. The number of rotatable bonds is 2. The van der Waals surface area contributed by atoms with Crippen LogP contribution in [0, 0.1) is 35.8 Å². The van der Waals surface area contributed by atoms with Crippen LogP contribution in [-0.2, 0) is 0 Å². The molecule has 0 saturated heterocycles. The van der Waals surface area contributed by atoms with E-state index in [0.29, 0.717) is 11.1 Å². The van der Waals surface area contributed by atoms with Crippen molar-refractivity contribution in [3.63, 3.8) is 0 Å². The van der Waals surface area contributed by atoms with Crippen molar-refractivity contribution >= 4 is 22.5 Å². The van der Waals surface area contributed by atoms with Crippen LogP contribution < -0.4 is 0 Å². The monoisotopic (exact) mass is 536 g/mol. The van der Waals surface area contributed by atoms with E-state index in [0.717, 1.165) is 65.4 Å². The van der Waals surface area contributed by atoms with E-state index in [-0.39, 0.29) is 11.4 Å². The lowest BCUT2D eigenvalue weighted by atomic mass is 9.94. The fraction of sp³-hybridized carbons (Fsp3) is 0. The van der Waals surface area contributed by atoms with Gasteiger partial charge in [-0.3, -0.25) is 0 Å². The fourth-order valence-corrected chi connectivity index (χ4v) is 7.29. The molecule has 0 N–H and O–H groups in total. The Bertz CT molecular complexity index is 1980. The number of allylic oxidation sites excluding steroid dienone is 2. The van der Waals surface area contributed by atoms with Crippen molar-refractivity contribution in [2.75, 3.05) is 0 Å². The van der Waals surface area contributed by atoms with Gasteiger partial charge in [0.2, 0.25) is 0 Å². The first-order chi connectivity index (χ1) is 20.2. The van der Waals surface area contributed by atoms with Crippen molar-refractivity contribution in [1.29, 1.82) is 10.5 Å². The summed E-state index contributed by atoms with van der Waals surface area (Å²) in [5.41, 5.74) is 10.9. The molecule has 0 atom stereocenters. The maximum absolute atomic E-state index is 9.97. The summed E-state index contributed by atoms with van der Waals surface area (Å²) in [6.07, 6.45) is 0. The first-order valence-electron chi connectivity index (χ1n) is 12.8. The van der Waals surface area contributed by atoms with Gasteiger partial charge in [-0.25, -0.2) is 20.2 Å². The average molecular weight is 537 g/mol. The minimum Gasteiger partial charge on any atom is -0.226 e. The van der Waals surface area contributed by atoms with Crippen LogP contribution in [0.3, 0.4) is 0 Å². The van der Waals surface area contributed by atoms with Crippen LogP contribution in [-0.4, -0.2) is 0 Å². The molecule has 1 aromatic heterocycles. The molecule has 1 heterocycles. The van der Waals surface area contributed by atoms with Crippen LogP contribution in [0.4, 0.5) is 0 Å². The highest BCUT2D eigenvalue weighted by atomic mass is 32.1. The molecule has 41 heavy (non-hydrogen) atoms. The summed E-state index contributed by atoms with van der Waals surface area (Å²) in [7, 11) is 0. The molecular weight excluding hydrogens is 520 g/mol. The summed E-state index contributed by atoms with van der Waals surface area (Å²) in [4.78, 5) is 8.89. The number of nitriles is 2. The molecule has 0 spiro atoms. The summed E-state index contributed by atoms with van der Waals surface area (Å²) in [5.74, 6) is 0. The van der Waals surface area contributed by atoms with Gasteiger partial charge in [0.25, 0.3) is 11.4 Å².